The number of hydrogen-bond acceptors (Lipinski definition) is 4. The van der Waals surface area contributed by atoms with Crippen LogP contribution in [0.4, 0.5) is 0 Å². The lowest BCUT2D eigenvalue weighted by molar-refractivity contribution is 0.0665. The van der Waals surface area contributed by atoms with Crippen molar-refractivity contribution in [3.05, 3.63) is 34.0 Å². The zero-order chi connectivity index (χ0) is 15.3. The van der Waals surface area contributed by atoms with Crippen LogP contribution in [-0.4, -0.2) is 37.7 Å². The molecule has 0 saturated carbocycles. The van der Waals surface area contributed by atoms with Crippen LogP contribution in [0.5, 0.6) is 0 Å². The smallest absolute Gasteiger partial charge is 0.255 e. The van der Waals surface area contributed by atoms with Crippen LogP contribution in [0, 0.1) is 0 Å². The average Bonchev–Trinajstić information content (AvgIpc) is 3.17. The standard InChI is InChI=1S/C16H20N4OS/c1-10(2)15-18-17-14-7-12-3-4-13(8-19(14)15)20(12)16(21)11-5-6-22-9-11/h5-6,9-10,12-13H,3-4,7-8H2,1-2H3/t12-,13+/m0/s1. The van der Waals surface area contributed by atoms with Gasteiger partial charge in [-0.2, -0.15) is 11.3 Å². The number of rotatable bonds is 2. The first-order valence-electron chi connectivity index (χ1n) is 7.92. The molecular weight excluding hydrogens is 296 g/mol. The summed E-state index contributed by atoms with van der Waals surface area (Å²) in [6, 6.07) is 2.46. The highest BCUT2D eigenvalue weighted by molar-refractivity contribution is 7.08. The molecule has 2 aromatic rings. The fraction of sp³-hybridized carbons (Fsp3) is 0.562. The van der Waals surface area contributed by atoms with Gasteiger partial charge in [-0.25, -0.2) is 0 Å². The van der Waals surface area contributed by atoms with E-state index in [1.54, 1.807) is 11.3 Å². The molecule has 2 bridgehead atoms. The molecule has 1 saturated heterocycles. The first kappa shape index (κ1) is 13.9. The van der Waals surface area contributed by atoms with Crippen LogP contribution < -0.4 is 0 Å². The molecule has 0 unspecified atom stereocenters. The quantitative estimate of drug-likeness (QED) is 0.856. The minimum absolute atomic E-state index is 0.179. The van der Waals surface area contributed by atoms with Crippen molar-refractivity contribution in [3.8, 4) is 0 Å². The topological polar surface area (TPSA) is 51.0 Å². The van der Waals surface area contributed by atoms with E-state index in [0.717, 1.165) is 43.0 Å². The highest BCUT2D eigenvalue weighted by atomic mass is 32.1. The van der Waals surface area contributed by atoms with Gasteiger partial charge < -0.3 is 9.47 Å². The first-order chi connectivity index (χ1) is 10.6. The summed E-state index contributed by atoms with van der Waals surface area (Å²) >= 11 is 1.58. The fourth-order valence-corrected chi connectivity index (χ4v) is 4.39. The Kier molecular flexibility index (Phi) is 3.29. The van der Waals surface area contributed by atoms with E-state index < -0.39 is 0 Å². The average molecular weight is 316 g/mol. The fourth-order valence-electron chi connectivity index (χ4n) is 3.76. The Bertz CT molecular complexity index is 691. The molecule has 0 aliphatic carbocycles. The highest BCUT2D eigenvalue weighted by Crippen LogP contribution is 2.33. The highest BCUT2D eigenvalue weighted by Gasteiger charge is 2.41. The van der Waals surface area contributed by atoms with Gasteiger partial charge in [0.15, 0.2) is 0 Å². The second-order valence-corrected chi connectivity index (χ2v) is 7.33. The molecule has 4 rings (SSSR count). The number of carbonyl (C=O) groups excluding carboxylic acids is 1. The van der Waals surface area contributed by atoms with E-state index in [1.807, 2.05) is 16.8 Å². The van der Waals surface area contributed by atoms with Crippen molar-refractivity contribution >= 4 is 17.2 Å². The normalized spacial score (nSPS) is 23.7. The summed E-state index contributed by atoms with van der Waals surface area (Å²) < 4.78 is 2.25. The summed E-state index contributed by atoms with van der Waals surface area (Å²) in [6.07, 6.45) is 2.98. The molecule has 2 aliphatic heterocycles. The van der Waals surface area contributed by atoms with Crippen LogP contribution in [-0.2, 0) is 13.0 Å². The van der Waals surface area contributed by atoms with Gasteiger partial charge in [-0.15, -0.1) is 10.2 Å². The van der Waals surface area contributed by atoms with E-state index in [2.05, 4.69) is 33.5 Å². The van der Waals surface area contributed by atoms with Crippen molar-refractivity contribution < 1.29 is 4.79 Å². The minimum atomic E-state index is 0.179. The maximum atomic E-state index is 12.9. The Morgan fingerprint density at radius 1 is 1.32 bits per heavy atom. The second-order valence-electron chi connectivity index (χ2n) is 6.55. The Morgan fingerprint density at radius 3 is 2.86 bits per heavy atom. The molecule has 22 heavy (non-hydrogen) atoms. The predicted molar refractivity (Wildman–Crippen MR) is 85.1 cm³/mol. The summed E-state index contributed by atoms with van der Waals surface area (Å²) in [5, 5.41) is 12.7. The molecule has 2 aliphatic rings. The summed E-state index contributed by atoms with van der Waals surface area (Å²) in [5.41, 5.74) is 0.823. The van der Waals surface area contributed by atoms with Gasteiger partial charge >= 0.3 is 0 Å². The van der Waals surface area contributed by atoms with Crippen molar-refractivity contribution in [1.29, 1.82) is 0 Å². The van der Waals surface area contributed by atoms with Crippen LogP contribution in [0.2, 0.25) is 0 Å². The number of amides is 1. The van der Waals surface area contributed by atoms with Gasteiger partial charge in [0.05, 0.1) is 11.6 Å². The SMILES string of the molecule is CC(C)c1nnc2n1C[C@H]1CC[C@@H](C2)N1C(=O)c1ccsc1. The van der Waals surface area contributed by atoms with Crippen molar-refractivity contribution in [2.75, 3.05) is 0 Å². The minimum Gasteiger partial charge on any atom is -0.330 e. The summed E-state index contributed by atoms with van der Waals surface area (Å²) in [6.45, 7) is 5.13. The maximum Gasteiger partial charge on any atom is 0.255 e. The summed E-state index contributed by atoms with van der Waals surface area (Å²) in [4.78, 5) is 15.0. The number of thiophene rings is 1. The Balaban J connectivity index is 1.68. The molecule has 1 amide bonds. The Hall–Kier alpha value is -1.69. The van der Waals surface area contributed by atoms with E-state index in [0.29, 0.717) is 5.92 Å². The van der Waals surface area contributed by atoms with Crippen LogP contribution in [0.25, 0.3) is 0 Å². The van der Waals surface area contributed by atoms with Gasteiger partial charge in [0.1, 0.15) is 11.6 Å². The van der Waals surface area contributed by atoms with E-state index in [4.69, 9.17) is 0 Å². The zero-order valence-electron chi connectivity index (χ0n) is 12.9. The van der Waals surface area contributed by atoms with E-state index in [-0.39, 0.29) is 18.0 Å². The van der Waals surface area contributed by atoms with Crippen molar-refractivity contribution in [2.45, 2.75) is 57.7 Å². The Labute approximate surface area is 134 Å². The Morgan fingerprint density at radius 2 is 2.14 bits per heavy atom. The van der Waals surface area contributed by atoms with Crippen molar-refractivity contribution in [1.82, 2.24) is 19.7 Å². The van der Waals surface area contributed by atoms with Crippen molar-refractivity contribution in [3.63, 3.8) is 0 Å². The lowest BCUT2D eigenvalue weighted by Gasteiger charge is -2.27. The van der Waals surface area contributed by atoms with E-state index in [9.17, 15) is 4.79 Å². The lowest BCUT2D eigenvalue weighted by Crippen LogP contribution is -2.42. The lowest BCUT2D eigenvalue weighted by atomic mass is 10.1. The molecule has 1 fully saturated rings. The predicted octanol–water partition coefficient (Wildman–Crippen LogP) is 2.69. The molecule has 2 atom stereocenters. The van der Waals surface area contributed by atoms with Gasteiger partial charge in [0.2, 0.25) is 0 Å². The molecule has 0 spiro atoms. The van der Waals surface area contributed by atoms with Crippen molar-refractivity contribution in [2.24, 2.45) is 0 Å². The van der Waals surface area contributed by atoms with Crippen LogP contribution in [0.1, 0.15) is 54.6 Å². The number of nitrogens with zero attached hydrogens (tertiary/aromatic N) is 4. The second kappa shape index (κ2) is 5.19. The number of carbonyl (C=O) groups is 1. The molecule has 0 aromatic carbocycles. The third-order valence-electron chi connectivity index (χ3n) is 4.81. The monoisotopic (exact) mass is 316 g/mol. The molecule has 116 valence electrons. The van der Waals surface area contributed by atoms with Gasteiger partial charge in [-0.1, -0.05) is 13.8 Å². The van der Waals surface area contributed by atoms with Gasteiger partial charge in [-0.3, -0.25) is 4.79 Å². The molecular formula is C16H20N4OS. The largest absolute Gasteiger partial charge is 0.330 e. The zero-order valence-corrected chi connectivity index (χ0v) is 13.7. The number of fused-ring (bicyclic) bond motifs is 3. The van der Waals surface area contributed by atoms with Crippen LogP contribution >= 0.6 is 11.3 Å². The third kappa shape index (κ3) is 2.08. The molecule has 4 heterocycles. The van der Waals surface area contributed by atoms with E-state index in [1.165, 1.54) is 0 Å². The van der Waals surface area contributed by atoms with Crippen LogP contribution in [0.3, 0.4) is 0 Å². The van der Waals surface area contributed by atoms with Gasteiger partial charge in [0.25, 0.3) is 5.91 Å². The third-order valence-corrected chi connectivity index (χ3v) is 5.49. The molecule has 0 N–H and O–H groups in total. The summed E-state index contributed by atoms with van der Waals surface area (Å²) in [5.74, 6) is 2.63. The number of aromatic nitrogens is 3. The first-order valence-corrected chi connectivity index (χ1v) is 8.86. The summed E-state index contributed by atoms with van der Waals surface area (Å²) in [7, 11) is 0. The maximum absolute atomic E-state index is 12.9. The van der Waals surface area contributed by atoms with Gasteiger partial charge in [0, 0.05) is 30.3 Å². The molecule has 0 radical (unpaired) electrons. The van der Waals surface area contributed by atoms with E-state index >= 15 is 0 Å². The van der Waals surface area contributed by atoms with Crippen LogP contribution in [0.15, 0.2) is 16.8 Å². The van der Waals surface area contributed by atoms with Gasteiger partial charge in [-0.05, 0) is 24.3 Å². The molecule has 2 aromatic heterocycles. The molecule has 5 nitrogen and oxygen atoms in total. The molecule has 6 heteroatoms. The number of hydrogen-bond donors (Lipinski definition) is 0.